The van der Waals surface area contributed by atoms with E-state index in [1.54, 1.807) is 6.07 Å². The van der Waals surface area contributed by atoms with Crippen molar-refractivity contribution in [2.24, 2.45) is 5.73 Å². The molecule has 0 atom stereocenters. The molecule has 0 saturated heterocycles. The molecule has 0 fully saturated rings. The van der Waals surface area contributed by atoms with Gasteiger partial charge in [-0.25, -0.2) is 27.1 Å². The van der Waals surface area contributed by atoms with Gasteiger partial charge in [-0.2, -0.15) is 0 Å². The van der Waals surface area contributed by atoms with Crippen LogP contribution in [0, 0.1) is 10.2 Å². The minimum Gasteiger partial charge on any atom is -0.377 e. The monoisotopic (exact) mass is 435 g/mol. The molecule has 0 saturated carbocycles. The largest absolute Gasteiger partial charge is 0.377 e. The smallest absolute Gasteiger partial charge is 0.229 e. The maximum absolute atomic E-state index is 12.9. The summed E-state index contributed by atoms with van der Waals surface area (Å²) in [6.45, 7) is 1.08. The maximum Gasteiger partial charge on any atom is 0.229 e. The van der Waals surface area contributed by atoms with Gasteiger partial charge in [0.05, 0.1) is 25.5 Å². The Balaban J connectivity index is 0.000000696. The van der Waals surface area contributed by atoms with Crippen molar-refractivity contribution in [1.82, 2.24) is 0 Å². The van der Waals surface area contributed by atoms with Crippen LogP contribution in [-0.2, 0) is 9.84 Å². The molecule has 0 radical (unpaired) electrons. The first-order valence-electron chi connectivity index (χ1n) is 8.23. The summed E-state index contributed by atoms with van der Waals surface area (Å²) in [7, 11) is -0.665. The zero-order chi connectivity index (χ0) is 21.8. The van der Waals surface area contributed by atoms with Crippen LogP contribution in [0.2, 0.25) is 0 Å². The van der Waals surface area contributed by atoms with E-state index in [-0.39, 0.29) is 5.88 Å². The standard InChI is InChI=1S/C17H26N3O2S.ClHO4/c1-19(2)16-9-5-8-15-14(16)7-6-10-17(15)23(21,22)13-20(3,4)12-11-18;2-1(3,4)5/h5-10H,11-13,18H2,1-4H3;(H,2,3,4,5)/q+1;/p-1. The molecule has 0 spiro atoms. The lowest BCUT2D eigenvalue weighted by molar-refractivity contribution is -2.00. The molecule has 0 aliphatic heterocycles. The van der Waals surface area contributed by atoms with Gasteiger partial charge in [0, 0.05) is 37.1 Å². The van der Waals surface area contributed by atoms with Crippen LogP contribution < -0.4 is 29.3 Å². The van der Waals surface area contributed by atoms with Gasteiger partial charge in [0.25, 0.3) is 0 Å². The number of likely N-dealkylation sites (N-methyl/N-ethyl adjacent to an activating group) is 1. The highest BCUT2D eigenvalue weighted by Crippen LogP contribution is 2.31. The third-order valence-electron chi connectivity index (χ3n) is 3.93. The number of halogens is 1. The number of nitrogens with zero attached hydrogens (tertiary/aromatic N) is 2. The van der Waals surface area contributed by atoms with Crippen molar-refractivity contribution >= 4 is 26.3 Å². The average Bonchev–Trinajstić information content (AvgIpc) is 2.50. The minimum atomic E-state index is -4.94. The van der Waals surface area contributed by atoms with Gasteiger partial charge in [-0.15, -0.1) is 10.2 Å². The van der Waals surface area contributed by atoms with E-state index in [0.29, 0.717) is 22.5 Å². The molecule has 28 heavy (non-hydrogen) atoms. The van der Waals surface area contributed by atoms with Crippen molar-refractivity contribution < 1.29 is 41.8 Å². The van der Waals surface area contributed by atoms with Crippen LogP contribution >= 0.6 is 0 Å². The summed E-state index contributed by atoms with van der Waals surface area (Å²) in [5.41, 5.74) is 6.61. The summed E-state index contributed by atoms with van der Waals surface area (Å²) < 4.78 is 60.2. The normalized spacial score (nSPS) is 12.5. The highest BCUT2D eigenvalue weighted by molar-refractivity contribution is 7.91. The number of anilines is 1. The number of rotatable bonds is 6. The maximum atomic E-state index is 12.9. The van der Waals surface area contributed by atoms with E-state index >= 15 is 0 Å². The Morgan fingerprint density at radius 1 is 1.00 bits per heavy atom. The summed E-state index contributed by atoms with van der Waals surface area (Å²) in [5.74, 6) is 0.0372. The molecule has 0 aliphatic rings. The number of hydrogen-bond acceptors (Lipinski definition) is 8. The van der Waals surface area contributed by atoms with Gasteiger partial charge in [-0.1, -0.05) is 24.3 Å². The fourth-order valence-electron chi connectivity index (χ4n) is 2.87. The predicted molar refractivity (Wildman–Crippen MR) is 96.4 cm³/mol. The molecule has 11 heteroatoms. The second kappa shape index (κ2) is 9.33. The zero-order valence-electron chi connectivity index (χ0n) is 16.3. The first-order chi connectivity index (χ1) is 12.7. The molecule has 0 bridgehead atoms. The van der Waals surface area contributed by atoms with Crippen molar-refractivity contribution in [3.8, 4) is 0 Å². The SMILES string of the molecule is CN(C)c1cccc2c(S(=O)(=O)C[N+](C)(C)CCN)cccc12.[O-][Cl+3]([O-])([O-])[O-]. The van der Waals surface area contributed by atoms with E-state index in [0.717, 1.165) is 16.5 Å². The second-order valence-electron chi connectivity index (χ2n) is 7.09. The molecular formula is C17H26ClN3O6S. The van der Waals surface area contributed by atoms with Gasteiger partial charge in [-0.05, 0) is 12.1 Å². The van der Waals surface area contributed by atoms with Crippen molar-refractivity contribution in [2.75, 3.05) is 52.1 Å². The lowest BCUT2D eigenvalue weighted by Gasteiger charge is -2.29. The number of nitrogens with two attached hydrogens (primary N) is 1. The first kappa shape index (κ1) is 24.5. The van der Waals surface area contributed by atoms with Gasteiger partial charge in [0.15, 0.2) is 5.88 Å². The number of sulfone groups is 1. The quantitative estimate of drug-likeness (QED) is 0.468. The number of benzene rings is 2. The summed E-state index contributed by atoms with van der Waals surface area (Å²) in [5, 5.41) is 1.72. The third kappa shape index (κ3) is 7.49. The Morgan fingerprint density at radius 3 is 2.00 bits per heavy atom. The van der Waals surface area contributed by atoms with Crippen molar-refractivity contribution in [3.05, 3.63) is 36.4 Å². The molecule has 0 unspecified atom stereocenters. The third-order valence-corrected chi connectivity index (χ3v) is 5.99. The number of quaternary nitrogens is 1. The van der Waals surface area contributed by atoms with Gasteiger partial charge >= 0.3 is 0 Å². The van der Waals surface area contributed by atoms with Gasteiger partial charge < -0.3 is 15.1 Å². The summed E-state index contributed by atoms with van der Waals surface area (Å²) in [6.07, 6.45) is 0. The van der Waals surface area contributed by atoms with Crippen molar-refractivity contribution in [1.29, 1.82) is 0 Å². The zero-order valence-corrected chi connectivity index (χ0v) is 17.9. The molecule has 0 heterocycles. The van der Waals surface area contributed by atoms with E-state index in [1.807, 2.05) is 63.4 Å². The lowest BCUT2D eigenvalue weighted by Crippen LogP contribution is -2.68. The topological polar surface area (TPSA) is 156 Å². The van der Waals surface area contributed by atoms with E-state index < -0.39 is 20.1 Å². The van der Waals surface area contributed by atoms with E-state index in [9.17, 15) is 8.42 Å². The summed E-state index contributed by atoms with van der Waals surface area (Å²) in [6, 6.07) is 11.2. The Labute approximate surface area is 167 Å². The van der Waals surface area contributed by atoms with Gasteiger partial charge in [0.2, 0.25) is 9.84 Å². The molecule has 158 valence electrons. The molecule has 0 aromatic heterocycles. The molecule has 2 aromatic rings. The van der Waals surface area contributed by atoms with Crippen LogP contribution in [-0.4, -0.2) is 60.1 Å². The molecule has 0 amide bonds. The molecular weight excluding hydrogens is 410 g/mol. The van der Waals surface area contributed by atoms with Crippen LogP contribution in [0.5, 0.6) is 0 Å². The van der Waals surface area contributed by atoms with Crippen molar-refractivity contribution in [2.45, 2.75) is 4.90 Å². The molecule has 2 N–H and O–H groups in total. The van der Waals surface area contributed by atoms with Crippen LogP contribution in [0.1, 0.15) is 0 Å². The van der Waals surface area contributed by atoms with Crippen LogP contribution in [0.3, 0.4) is 0 Å². The molecule has 2 aromatic carbocycles. The average molecular weight is 436 g/mol. The Morgan fingerprint density at radius 2 is 1.50 bits per heavy atom. The van der Waals surface area contributed by atoms with E-state index in [4.69, 9.17) is 24.4 Å². The minimum absolute atomic E-state index is 0.0372. The molecule has 2 rings (SSSR count). The Kier molecular flexibility index (Phi) is 8.18. The predicted octanol–water partition coefficient (Wildman–Crippen LogP) is -3.08. The van der Waals surface area contributed by atoms with Gasteiger partial charge in [-0.3, -0.25) is 0 Å². The van der Waals surface area contributed by atoms with Crippen LogP contribution in [0.25, 0.3) is 10.8 Å². The highest BCUT2D eigenvalue weighted by Gasteiger charge is 2.27. The summed E-state index contributed by atoms with van der Waals surface area (Å²) >= 11 is 0. The fourth-order valence-corrected chi connectivity index (χ4v) is 4.86. The van der Waals surface area contributed by atoms with Gasteiger partial charge in [0.1, 0.15) is 0 Å². The van der Waals surface area contributed by atoms with E-state index in [1.165, 1.54) is 0 Å². The lowest BCUT2D eigenvalue weighted by atomic mass is 10.1. The molecule has 9 nitrogen and oxygen atoms in total. The summed E-state index contributed by atoms with van der Waals surface area (Å²) in [4.78, 5) is 2.38. The Bertz CT molecular complexity index is 891. The second-order valence-corrected chi connectivity index (χ2v) is 9.78. The molecule has 0 aliphatic carbocycles. The number of hydrogen-bond donors (Lipinski definition) is 1. The highest BCUT2D eigenvalue weighted by atomic mass is 35.7. The first-order valence-corrected chi connectivity index (χ1v) is 11.1. The Hall–Kier alpha value is -1.50. The van der Waals surface area contributed by atoms with Crippen LogP contribution in [0.15, 0.2) is 41.3 Å². The fraction of sp³-hybridized carbons (Fsp3) is 0.412. The van der Waals surface area contributed by atoms with Crippen LogP contribution in [0.4, 0.5) is 5.69 Å². The number of fused-ring (bicyclic) bond motifs is 1. The van der Waals surface area contributed by atoms with E-state index in [2.05, 4.69) is 0 Å². The van der Waals surface area contributed by atoms with Crippen molar-refractivity contribution in [3.63, 3.8) is 0 Å².